The van der Waals surface area contributed by atoms with Crippen LogP contribution >= 0.6 is 0 Å². The molecule has 2 amide bonds. The first-order valence-electron chi connectivity index (χ1n) is 9.95. The van der Waals surface area contributed by atoms with Crippen LogP contribution in [0.5, 0.6) is 5.75 Å². The van der Waals surface area contributed by atoms with Gasteiger partial charge in [0.15, 0.2) is 0 Å². The number of aliphatic hydroxyl groups is 1. The van der Waals surface area contributed by atoms with E-state index in [1.165, 1.54) is 6.42 Å². The van der Waals surface area contributed by atoms with Gasteiger partial charge in [-0.2, -0.15) is 0 Å². The molecule has 2 aromatic rings. The van der Waals surface area contributed by atoms with Gasteiger partial charge in [-0.3, -0.25) is 4.98 Å². The van der Waals surface area contributed by atoms with Crippen LogP contribution in [0.25, 0.3) is 0 Å². The van der Waals surface area contributed by atoms with Crippen LogP contribution in [0.1, 0.15) is 49.3 Å². The molecule has 1 aliphatic rings. The number of nitrogens with zero attached hydrogens (tertiary/aromatic N) is 2. The molecule has 0 radical (unpaired) electrons. The molecule has 1 aromatic carbocycles. The standard InChI is InChI=1S/C22H29N3O3/c1-28-20-9-7-17(8-10-20)21(18-11-13-23-14-12-18)24-22(27)25(15-16-26)19-5-3-2-4-6-19/h7-14,19,21,26H,2-6,15-16H2,1H3,(H,24,27)/t21-/m0/s1. The molecule has 1 saturated carbocycles. The van der Waals surface area contributed by atoms with Gasteiger partial charge in [0.05, 0.1) is 19.8 Å². The summed E-state index contributed by atoms with van der Waals surface area (Å²) in [6.45, 7) is 0.314. The van der Waals surface area contributed by atoms with Gasteiger partial charge in [-0.15, -0.1) is 0 Å². The second-order valence-corrected chi connectivity index (χ2v) is 7.15. The van der Waals surface area contributed by atoms with Gasteiger partial charge >= 0.3 is 6.03 Å². The van der Waals surface area contributed by atoms with E-state index < -0.39 is 0 Å². The highest BCUT2D eigenvalue weighted by Crippen LogP contribution is 2.26. The second-order valence-electron chi connectivity index (χ2n) is 7.15. The molecule has 150 valence electrons. The first-order chi connectivity index (χ1) is 13.7. The van der Waals surface area contributed by atoms with Crippen LogP contribution in [-0.4, -0.2) is 47.3 Å². The highest BCUT2D eigenvalue weighted by Gasteiger charge is 2.27. The van der Waals surface area contributed by atoms with Crippen molar-refractivity contribution in [3.05, 3.63) is 59.9 Å². The van der Waals surface area contributed by atoms with Crippen molar-refractivity contribution < 1.29 is 14.6 Å². The zero-order valence-corrected chi connectivity index (χ0v) is 16.4. The van der Waals surface area contributed by atoms with Gasteiger partial charge in [0, 0.05) is 25.0 Å². The summed E-state index contributed by atoms with van der Waals surface area (Å²) in [5.74, 6) is 0.771. The SMILES string of the molecule is COc1ccc([C@H](NC(=O)N(CCO)C2CCCCC2)c2ccncc2)cc1. The van der Waals surface area contributed by atoms with E-state index in [1.807, 2.05) is 36.4 Å². The lowest BCUT2D eigenvalue weighted by Crippen LogP contribution is -2.49. The maximum absolute atomic E-state index is 13.2. The number of hydrogen-bond acceptors (Lipinski definition) is 4. The molecule has 6 nitrogen and oxygen atoms in total. The normalized spacial score (nSPS) is 15.6. The third-order valence-electron chi connectivity index (χ3n) is 5.37. The summed E-state index contributed by atoms with van der Waals surface area (Å²) in [5.41, 5.74) is 1.93. The predicted molar refractivity (Wildman–Crippen MR) is 108 cm³/mol. The Morgan fingerprint density at radius 2 is 1.79 bits per heavy atom. The van der Waals surface area contributed by atoms with E-state index in [2.05, 4.69) is 10.3 Å². The molecule has 1 aromatic heterocycles. The summed E-state index contributed by atoms with van der Waals surface area (Å²) in [6.07, 6.45) is 8.93. The van der Waals surface area contributed by atoms with E-state index in [-0.39, 0.29) is 24.7 Å². The van der Waals surface area contributed by atoms with Crippen LogP contribution in [0.4, 0.5) is 4.79 Å². The molecule has 0 unspecified atom stereocenters. The quantitative estimate of drug-likeness (QED) is 0.767. The molecule has 1 fully saturated rings. The highest BCUT2D eigenvalue weighted by atomic mass is 16.5. The van der Waals surface area contributed by atoms with Gasteiger partial charge in [-0.1, -0.05) is 31.4 Å². The Balaban J connectivity index is 1.83. The van der Waals surface area contributed by atoms with Crippen molar-refractivity contribution in [2.24, 2.45) is 0 Å². The Morgan fingerprint density at radius 1 is 1.14 bits per heavy atom. The molecule has 2 N–H and O–H groups in total. The number of amides is 2. The lowest BCUT2D eigenvalue weighted by atomic mass is 9.94. The average Bonchev–Trinajstić information content (AvgIpc) is 2.77. The minimum absolute atomic E-state index is 0.0353. The van der Waals surface area contributed by atoms with E-state index in [4.69, 9.17) is 4.74 Å². The zero-order chi connectivity index (χ0) is 19.8. The number of rotatable bonds is 7. The topological polar surface area (TPSA) is 74.7 Å². The van der Waals surface area contributed by atoms with E-state index >= 15 is 0 Å². The molecule has 0 bridgehead atoms. The molecular formula is C22H29N3O3. The van der Waals surface area contributed by atoms with Crippen LogP contribution < -0.4 is 10.1 Å². The number of aromatic nitrogens is 1. The third-order valence-corrected chi connectivity index (χ3v) is 5.37. The van der Waals surface area contributed by atoms with Gasteiger partial charge in [0.1, 0.15) is 5.75 Å². The summed E-state index contributed by atoms with van der Waals surface area (Å²) in [7, 11) is 1.63. The number of nitrogens with one attached hydrogen (secondary N) is 1. The summed E-state index contributed by atoms with van der Waals surface area (Å²) in [6, 6.07) is 11.3. The molecule has 0 saturated heterocycles. The van der Waals surface area contributed by atoms with E-state index in [0.717, 1.165) is 42.6 Å². The number of pyridine rings is 1. The third kappa shape index (κ3) is 5.01. The number of aliphatic hydroxyl groups excluding tert-OH is 1. The van der Waals surface area contributed by atoms with Gasteiger partial charge < -0.3 is 20.1 Å². The van der Waals surface area contributed by atoms with Crippen molar-refractivity contribution in [1.82, 2.24) is 15.2 Å². The van der Waals surface area contributed by atoms with E-state index in [0.29, 0.717) is 6.54 Å². The lowest BCUT2D eigenvalue weighted by Gasteiger charge is -2.35. The van der Waals surface area contributed by atoms with Crippen LogP contribution in [-0.2, 0) is 0 Å². The molecule has 6 heteroatoms. The second kappa shape index (κ2) is 10.1. The fourth-order valence-corrected chi connectivity index (χ4v) is 3.87. The molecule has 0 aliphatic heterocycles. The first-order valence-corrected chi connectivity index (χ1v) is 9.95. The highest BCUT2D eigenvalue weighted by molar-refractivity contribution is 5.75. The lowest BCUT2D eigenvalue weighted by molar-refractivity contribution is 0.133. The number of methoxy groups -OCH3 is 1. The smallest absolute Gasteiger partial charge is 0.318 e. The summed E-state index contributed by atoms with van der Waals surface area (Å²) >= 11 is 0. The largest absolute Gasteiger partial charge is 0.497 e. The average molecular weight is 383 g/mol. The number of carbonyl (C=O) groups is 1. The molecular weight excluding hydrogens is 354 g/mol. The number of benzene rings is 1. The van der Waals surface area contributed by atoms with E-state index in [1.54, 1.807) is 24.4 Å². The minimum Gasteiger partial charge on any atom is -0.497 e. The maximum Gasteiger partial charge on any atom is 0.318 e. The van der Waals surface area contributed by atoms with Gasteiger partial charge in [-0.05, 0) is 48.2 Å². The van der Waals surface area contributed by atoms with Crippen molar-refractivity contribution >= 4 is 6.03 Å². The van der Waals surface area contributed by atoms with Crippen molar-refractivity contribution in [3.63, 3.8) is 0 Å². The van der Waals surface area contributed by atoms with Crippen molar-refractivity contribution in [2.45, 2.75) is 44.2 Å². The Kier molecular flexibility index (Phi) is 7.25. The van der Waals surface area contributed by atoms with Crippen molar-refractivity contribution in [2.75, 3.05) is 20.3 Å². The molecule has 28 heavy (non-hydrogen) atoms. The minimum atomic E-state index is -0.300. The van der Waals surface area contributed by atoms with Gasteiger partial charge in [-0.25, -0.2) is 4.79 Å². The Bertz CT molecular complexity index is 730. The van der Waals surface area contributed by atoms with Gasteiger partial charge in [0.25, 0.3) is 0 Å². The molecule has 1 atom stereocenters. The Morgan fingerprint density at radius 3 is 2.39 bits per heavy atom. The predicted octanol–water partition coefficient (Wildman–Crippen LogP) is 3.52. The molecule has 1 heterocycles. The number of hydrogen-bond donors (Lipinski definition) is 2. The number of urea groups is 1. The Hall–Kier alpha value is -2.60. The van der Waals surface area contributed by atoms with Gasteiger partial charge in [0.2, 0.25) is 0 Å². The van der Waals surface area contributed by atoms with Crippen molar-refractivity contribution in [3.8, 4) is 5.75 Å². The van der Waals surface area contributed by atoms with Crippen molar-refractivity contribution in [1.29, 1.82) is 0 Å². The summed E-state index contributed by atoms with van der Waals surface area (Å²) < 4.78 is 5.25. The van der Waals surface area contributed by atoms with Crippen LogP contribution in [0.15, 0.2) is 48.8 Å². The Labute approximate surface area is 166 Å². The number of ether oxygens (including phenoxy) is 1. The van der Waals surface area contributed by atoms with Crippen LogP contribution in [0.2, 0.25) is 0 Å². The molecule has 3 rings (SSSR count). The summed E-state index contributed by atoms with van der Waals surface area (Å²) in [5, 5.41) is 12.7. The van der Waals surface area contributed by atoms with Crippen LogP contribution in [0, 0.1) is 0 Å². The van der Waals surface area contributed by atoms with E-state index in [9.17, 15) is 9.90 Å². The summed E-state index contributed by atoms with van der Waals surface area (Å²) in [4.78, 5) is 19.1. The fraction of sp³-hybridized carbons (Fsp3) is 0.455. The monoisotopic (exact) mass is 383 g/mol. The maximum atomic E-state index is 13.2. The first kappa shape index (κ1) is 20.1. The van der Waals surface area contributed by atoms with Crippen LogP contribution in [0.3, 0.4) is 0 Å². The zero-order valence-electron chi connectivity index (χ0n) is 16.4. The fourth-order valence-electron chi connectivity index (χ4n) is 3.87. The molecule has 1 aliphatic carbocycles. The number of carbonyl (C=O) groups excluding carboxylic acids is 1. The molecule has 0 spiro atoms.